The van der Waals surface area contributed by atoms with Crippen molar-refractivity contribution in [1.82, 2.24) is 0 Å². The van der Waals surface area contributed by atoms with Crippen molar-refractivity contribution < 1.29 is 10.2 Å². The van der Waals surface area contributed by atoms with Gasteiger partial charge in [0.05, 0.1) is 0 Å². The summed E-state index contributed by atoms with van der Waals surface area (Å²) in [6.45, 7) is 15.3. The minimum absolute atomic E-state index is 0.0390. The number of hydrogen-bond acceptors (Lipinski definition) is 2. The van der Waals surface area contributed by atoms with Crippen molar-refractivity contribution in [2.45, 2.75) is 77.6 Å². The number of fused-ring (bicyclic) bond motifs is 1. The van der Waals surface area contributed by atoms with Gasteiger partial charge >= 0.3 is 0 Å². The maximum Gasteiger partial charge on any atom is 0.119 e. The van der Waals surface area contributed by atoms with E-state index in [1.807, 2.05) is 18.2 Å². The quantitative estimate of drug-likeness (QED) is 0.677. The molecule has 1 aliphatic rings. The fraction of sp³-hybridized carbons (Fsp3) is 0.500. The van der Waals surface area contributed by atoms with Gasteiger partial charge in [0.15, 0.2) is 0 Å². The average molecular weight is 353 g/mol. The largest absolute Gasteiger partial charge is 0.508 e. The Balaban J connectivity index is 2.23. The normalized spacial score (nSPS) is 21.4. The molecule has 3 rings (SSSR count). The third-order valence-electron chi connectivity index (χ3n) is 6.19. The molecule has 1 unspecified atom stereocenters. The zero-order chi connectivity index (χ0) is 19.4. The molecule has 140 valence electrons. The zero-order valence-electron chi connectivity index (χ0n) is 17.1. The van der Waals surface area contributed by atoms with Crippen LogP contribution in [-0.2, 0) is 10.8 Å². The van der Waals surface area contributed by atoms with Crippen LogP contribution in [0.15, 0.2) is 30.3 Å². The van der Waals surface area contributed by atoms with Crippen molar-refractivity contribution in [3.8, 4) is 11.5 Å². The van der Waals surface area contributed by atoms with Gasteiger partial charge in [0.2, 0.25) is 0 Å². The van der Waals surface area contributed by atoms with Gasteiger partial charge in [-0.15, -0.1) is 0 Å². The van der Waals surface area contributed by atoms with Crippen molar-refractivity contribution in [3.63, 3.8) is 0 Å². The van der Waals surface area contributed by atoms with Crippen LogP contribution in [-0.4, -0.2) is 10.2 Å². The second-order valence-corrected chi connectivity index (χ2v) is 9.43. The lowest BCUT2D eigenvalue weighted by atomic mass is 9.74. The van der Waals surface area contributed by atoms with Crippen molar-refractivity contribution in [2.24, 2.45) is 0 Å². The highest BCUT2D eigenvalue weighted by atomic mass is 16.3. The molecule has 2 nitrogen and oxygen atoms in total. The first kappa shape index (κ1) is 18.8. The maximum atomic E-state index is 10.6. The molecule has 0 saturated carbocycles. The zero-order valence-corrected chi connectivity index (χ0v) is 17.1. The predicted molar refractivity (Wildman–Crippen MR) is 108 cm³/mol. The summed E-state index contributed by atoms with van der Waals surface area (Å²) >= 11 is 0. The molecule has 0 spiro atoms. The lowest BCUT2D eigenvalue weighted by molar-refractivity contribution is 0.422. The van der Waals surface area contributed by atoms with E-state index in [1.54, 1.807) is 0 Å². The Hall–Kier alpha value is -1.96. The Morgan fingerprint density at radius 2 is 1.35 bits per heavy atom. The summed E-state index contributed by atoms with van der Waals surface area (Å²) in [5, 5.41) is 20.9. The highest BCUT2D eigenvalue weighted by Gasteiger charge is 2.46. The summed E-state index contributed by atoms with van der Waals surface area (Å²) in [4.78, 5) is 0. The van der Waals surface area contributed by atoms with Gasteiger partial charge in [-0.2, -0.15) is 0 Å². The fourth-order valence-corrected chi connectivity index (χ4v) is 4.78. The Kier molecular flexibility index (Phi) is 4.37. The fourth-order valence-electron chi connectivity index (χ4n) is 4.78. The van der Waals surface area contributed by atoms with Gasteiger partial charge in [-0.25, -0.2) is 0 Å². The van der Waals surface area contributed by atoms with E-state index < -0.39 is 0 Å². The molecule has 2 N–H and O–H groups in total. The average Bonchev–Trinajstić information content (AvgIpc) is 2.73. The van der Waals surface area contributed by atoms with Crippen molar-refractivity contribution >= 4 is 0 Å². The first-order valence-electron chi connectivity index (χ1n) is 9.68. The van der Waals surface area contributed by atoms with Crippen LogP contribution >= 0.6 is 0 Å². The lowest BCUT2D eigenvalue weighted by Crippen LogP contribution is -2.23. The van der Waals surface area contributed by atoms with Crippen LogP contribution in [0.2, 0.25) is 0 Å². The minimum Gasteiger partial charge on any atom is -0.508 e. The molecule has 0 aliphatic heterocycles. The molecule has 2 heteroatoms. The Labute approximate surface area is 157 Å². The molecule has 2 aromatic rings. The lowest BCUT2D eigenvalue weighted by Gasteiger charge is -2.29. The van der Waals surface area contributed by atoms with Gasteiger partial charge in [-0.3, -0.25) is 0 Å². The van der Waals surface area contributed by atoms with Crippen molar-refractivity contribution in [3.05, 3.63) is 58.1 Å². The van der Waals surface area contributed by atoms with Crippen molar-refractivity contribution in [1.29, 1.82) is 0 Å². The Morgan fingerprint density at radius 1 is 0.769 bits per heavy atom. The van der Waals surface area contributed by atoms with Crippen LogP contribution in [0.3, 0.4) is 0 Å². The molecule has 1 atom stereocenters. The van der Waals surface area contributed by atoms with E-state index in [0.717, 1.165) is 17.5 Å². The number of benzene rings is 2. The molecule has 0 bridgehead atoms. The molecular weight excluding hydrogens is 320 g/mol. The summed E-state index contributed by atoms with van der Waals surface area (Å²) in [6.07, 6.45) is 0.985. The monoisotopic (exact) mass is 352 g/mol. The second-order valence-electron chi connectivity index (χ2n) is 9.43. The number of phenols is 2. The third-order valence-corrected chi connectivity index (χ3v) is 6.19. The van der Waals surface area contributed by atoms with E-state index >= 15 is 0 Å². The SMILES string of the molecule is CC(C)c1cc(C2(C)CC(C)(C)c3cc(C(C)C)c(O)cc32)ccc1O. The van der Waals surface area contributed by atoms with E-state index in [4.69, 9.17) is 0 Å². The summed E-state index contributed by atoms with van der Waals surface area (Å²) in [5.74, 6) is 1.32. The van der Waals surface area contributed by atoms with Gasteiger partial charge < -0.3 is 10.2 Å². The molecule has 0 heterocycles. The topological polar surface area (TPSA) is 40.5 Å². The number of hydrogen-bond donors (Lipinski definition) is 2. The number of aromatic hydroxyl groups is 2. The van der Waals surface area contributed by atoms with Gasteiger partial charge in [0, 0.05) is 5.41 Å². The summed E-state index contributed by atoms with van der Waals surface area (Å²) in [6, 6.07) is 10.2. The molecule has 26 heavy (non-hydrogen) atoms. The standard InChI is InChI=1S/C24H32O2/c1-14(2)17-10-16(8-9-21(17)25)24(7)13-23(5,6)19-11-18(15(3)4)22(26)12-20(19)24/h8-12,14-15,25-26H,13H2,1-7H3. The van der Waals surface area contributed by atoms with Crippen LogP contribution in [0, 0.1) is 0 Å². The van der Waals surface area contributed by atoms with E-state index in [-0.39, 0.29) is 16.7 Å². The van der Waals surface area contributed by atoms with Crippen LogP contribution in [0.4, 0.5) is 0 Å². The van der Waals surface area contributed by atoms with Gasteiger partial charge in [-0.05, 0) is 63.6 Å². The van der Waals surface area contributed by atoms with Gasteiger partial charge in [-0.1, -0.05) is 66.7 Å². The minimum atomic E-state index is -0.177. The van der Waals surface area contributed by atoms with Crippen LogP contribution in [0.1, 0.15) is 94.5 Å². The smallest absolute Gasteiger partial charge is 0.119 e. The predicted octanol–water partition coefficient (Wildman–Crippen LogP) is 6.33. The second kappa shape index (κ2) is 6.04. The molecule has 0 amide bonds. The maximum absolute atomic E-state index is 10.6. The van der Waals surface area contributed by atoms with Gasteiger partial charge in [0.1, 0.15) is 11.5 Å². The van der Waals surface area contributed by atoms with Crippen molar-refractivity contribution in [2.75, 3.05) is 0 Å². The Bertz CT molecular complexity index is 846. The summed E-state index contributed by atoms with van der Waals surface area (Å²) in [5.41, 5.74) is 5.63. The molecule has 0 fully saturated rings. The van der Waals surface area contributed by atoms with Crippen LogP contribution in [0.5, 0.6) is 11.5 Å². The highest BCUT2D eigenvalue weighted by molar-refractivity contribution is 5.58. The first-order valence-corrected chi connectivity index (χ1v) is 9.68. The van der Waals surface area contributed by atoms with Crippen LogP contribution in [0.25, 0.3) is 0 Å². The molecule has 1 aliphatic carbocycles. The molecular formula is C24H32O2. The van der Waals surface area contributed by atoms with E-state index in [2.05, 4.69) is 60.6 Å². The first-order chi connectivity index (χ1) is 12.0. The molecule has 0 aromatic heterocycles. The summed E-state index contributed by atoms with van der Waals surface area (Å²) in [7, 11) is 0. The van der Waals surface area contributed by atoms with Gasteiger partial charge in [0.25, 0.3) is 0 Å². The van der Waals surface area contributed by atoms with E-state index in [9.17, 15) is 10.2 Å². The molecule has 0 radical (unpaired) electrons. The summed E-state index contributed by atoms with van der Waals surface area (Å²) < 4.78 is 0. The molecule has 2 aromatic carbocycles. The van der Waals surface area contributed by atoms with E-state index in [0.29, 0.717) is 17.4 Å². The number of rotatable bonds is 3. The Morgan fingerprint density at radius 3 is 1.92 bits per heavy atom. The highest BCUT2D eigenvalue weighted by Crippen LogP contribution is 2.55. The number of phenolic OH excluding ortho intramolecular Hbond substituents is 2. The molecule has 0 saturated heterocycles. The third kappa shape index (κ3) is 2.80. The van der Waals surface area contributed by atoms with E-state index in [1.165, 1.54) is 16.7 Å². The van der Waals surface area contributed by atoms with Crippen LogP contribution < -0.4 is 0 Å².